The van der Waals surface area contributed by atoms with Crippen LogP contribution in [0, 0.1) is 13.8 Å². The minimum atomic E-state index is -0.427. The first-order valence-electron chi connectivity index (χ1n) is 9.46. The summed E-state index contributed by atoms with van der Waals surface area (Å²) in [5.74, 6) is 0.880. The van der Waals surface area contributed by atoms with Crippen LogP contribution in [0.2, 0.25) is 0 Å². The van der Waals surface area contributed by atoms with Gasteiger partial charge in [0.1, 0.15) is 18.5 Å². The number of benzene rings is 1. The summed E-state index contributed by atoms with van der Waals surface area (Å²) in [6.07, 6.45) is 5.14. The zero-order valence-electron chi connectivity index (χ0n) is 15.2. The number of hydrogen-bond donors (Lipinski definition) is 1. The molecule has 0 bridgehead atoms. The zero-order chi connectivity index (χ0) is 16.9. The normalized spacial score (nSPS) is 22.0. The summed E-state index contributed by atoms with van der Waals surface area (Å²) in [5.41, 5.74) is 2.37. The molecule has 134 valence electrons. The predicted octanol–water partition coefficient (Wildman–Crippen LogP) is 2.60. The van der Waals surface area contributed by atoms with Crippen molar-refractivity contribution in [2.75, 3.05) is 39.3 Å². The van der Waals surface area contributed by atoms with Gasteiger partial charge in [0.25, 0.3) is 0 Å². The number of β-amino-alcohol motifs (C(OH)–C–C–N with tert-alkyl or cyclic N) is 1. The fourth-order valence-corrected chi connectivity index (χ4v) is 4.08. The highest BCUT2D eigenvalue weighted by Gasteiger charge is 2.26. The van der Waals surface area contributed by atoms with E-state index in [2.05, 4.69) is 35.8 Å². The molecule has 1 aliphatic heterocycles. The maximum Gasteiger partial charge on any atom is 0.122 e. The Balaban J connectivity index is 1.38. The summed E-state index contributed by atoms with van der Waals surface area (Å²) in [4.78, 5) is 5.03. The Labute approximate surface area is 146 Å². The van der Waals surface area contributed by atoms with Crippen molar-refractivity contribution in [3.8, 4) is 5.75 Å². The van der Waals surface area contributed by atoms with Crippen molar-refractivity contribution in [1.82, 2.24) is 9.80 Å². The molecular weight excluding hydrogens is 300 g/mol. The second kappa shape index (κ2) is 8.32. The van der Waals surface area contributed by atoms with Crippen molar-refractivity contribution in [2.24, 2.45) is 0 Å². The van der Waals surface area contributed by atoms with Gasteiger partial charge in [-0.2, -0.15) is 0 Å². The van der Waals surface area contributed by atoms with E-state index in [1.807, 2.05) is 6.07 Å². The lowest BCUT2D eigenvalue weighted by Crippen LogP contribution is -2.51. The number of piperazine rings is 1. The number of nitrogens with zero attached hydrogens (tertiary/aromatic N) is 2. The van der Waals surface area contributed by atoms with E-state index < -0.39 is 6.10 Å². The molecule has 2 aliphatic rings. The van der Waals surface area contributed by atoms with Crippen molar-refractivity contribution < 1.29 is 9.84 Å². The Bertz CT molecular complexity index is 520. The molecule has 1 heterocycles. The van der Waals surface area contributed by atoms with Gasteiger partial charge in [-0.3, -0.25) is 9.80 Å². The lowest BCUT2D eigenvalue weighted by atomic mass is 10.1. The Hall–Kier alpha value is -1.10. The maximum atomic E-state index is 10.3. The molecule has 0 amide bonds. The van der Waals surface area contributed by atoms with E-state index in [0.29, 0.717) is 13.2 Å². The highest BCUT2D eigenvalue weighted by atomic mass is 16.5. The maximum absolute atomic E-state index is 10.3. The largest absolute Gasteiger partial charge is 0.491 e. The van der Waals surface area contributed by atoms with Gasteiger partial charge >= 0.3 is 0 Å². The van der Waals surface area contributed by atoms with Gasteiger partial charge in [0, 0.05) is 38.8 Å². The van der Waals surface area contributed by atoms with Gasteiger partial charge in [-0.15, -0.1) is 0 Å². The summed E-state index contributed by atoms with van der Waals surface area (Å²) in [6, 6.07) is 6.99. The molecule has 0 aromatic heterocycles. The van der Waals surface area contributed by atoms with Crippen LogP contribution in [0.5, 0.6) is 5.75 Å². The minimum Gasteiger partial charge on any atom is -0.491 e. The number of hydrogen-bond acceptors (Lipinski definition) is 4. The molecule has 3 rings (SSSR count). The molecule has 1 atom stereocenters. The van der Waals surface area contributed by atoms with E-state index in [0.717, 1.165) is 43.5 Å². The van der Waals surface area contributed by atoms with Crippen molar-refractivity contribution >= 4 is 0 Å². The Morgan fingerprint density at radius 1 is 1.12 bits per heavy atom. The van der Waals surface area contributed by atoms with E-state index in [1.165, 1.54) is 31.2 Å². The molecule has 2 fully saturated rings. The SMILES string of the molecule is Cc1ccc(OCC(O)CN2CCN(C3CCCC3)CC2)c(C)c1. The van der Waals surface area contributed by atoms with Gasteiger partial charge in [-0.05, 0) is 38.3 Å². The number of aliphatic hydroxyl groups is 1. The molecule has 4 heteroatoms. The van der Waals surface area contributed by atoms with Gasteiger partial charge in [-0.1, -0.05) is 30.5 Å². The number of aryl methyl sites for hydroxylation is 2. The number of rotatable bonds is 6. The van der Waals surface area contributed by atoms with Gasteiger partial charge in [0.05, 0.1) is 0 Å². The molecule has 1 N–H and O–H groups in total. The first-order chi connectivity index (χ1) is 11.6. The van der Waals surface area contributed by atoms with E-state index in [1.54, 1.807) is 0 Å². The molecule has 1 unspecified atom stereocenters. The Kier molecular flexibility index (Phi) is 6.14. The third-order valence-electron chi connectivity index (χ3n) is 5.48. The first-order valence-corrected chi connectivity index (χ1v) is 9.46. The second-order valence-electron chi connectivity index (χ2n) is 7.51. The van der Waals surface area contributed by atoms with Crippen LogP contribution < -0.4 is 4.74 Å². The molecule has 1 aromatic rings. The van der Waals surface area contributed by atoms with Crippen LogP contribution in [0.25, 0.3) is 0 Å². The van der Waals surface area contributed by atoms with Crippen LogP contribution in [0.3, 0.4) is 0 Å². The van der Waals surface area contributed by atoms with Gasteiger partial charge in [0.15, 0.2) is 0 Å². The van der Waals surface area contributed by atoms with Crippen LogP contribution in [0.1, 0.15) is 36.8 Å². The summed E-state index contributed by atoms with van der Waals surface area (Å²) < 4.78 is 5.81. The lowest BCUT2D eigenvalue weighted by Gasteiger charge is -2.38. The molecule has 4 nitrogen and oxygen atoms in total. The quantitative estimate of drug-likeness (QED) is 0.869. The topological polar surface area (TPSA) is 35.9 Å². The zero-order valence-corrected chi connectivity index (χ0v) is 15.2. The standard InChI is InChI=1S/C20H32N2O2/c1-16-7-8-20(17(2)13-16)24-15-19(23)14-21-9-11-22(12-10-21)18-5-3-4-6-18/h7-8,13,18-19,23H,3-6,9-12,14-15H2,1-2H3. The fraction of sp³-hybridized carbons (Fsp3) is 0.700. The monoisotopic (exact) mass is 332 g/mol. The molecule has 24 heavy (non-hydrogen) atoms. The van der Waals surface area contributed by atoms with E-state index in [-0.39, 0.29) is 0 Å². The third-order valence-corrected chi connectivity index (χ3v) is 5.48. The lowest BCUT2D eigenvalue weighted by molar-refractivity contribution is 0.0369. The van der Waals surface area contributed by atoms with Crippen molar-refractivity contribution in [2.45, 2.75) is 51.7 Å². The molecule has 0 spiro atoms. The van der Waals surface area contributed by atoms with Crippen molar-refractivity contribution in [1.29, 1.82) is 0 Å². The number of ether oxygens (including phenoxy) is 1. The fourth-order valence-electron chi connectivity index (χ4n) is 4.08. The highest BCUT2D eigenvalue weighted by molar-refractivity contribution is 5.35. The highest BCUT2D eigenvalue weighted by Crippen LogP contribution is 2.24. The molecule has 0 radical (unpaired) electrons. The smallest absolute Gasteiger partial charge is 0.122 e. The average molecular weight is 332 g/mol. The molecule has 1 saturated heterocycles. The summed E-state index contributed by atoms with van der Waals surface area (Å²) in [5, 5.41) is 10.3. The van der Waals surface area contributed by atoms with Crippen LogP contribution in [-0.4, -0.2) is 66.4 Å². The van der Waals surface area contributed by atoms with Crippen LogP contribution in [0.4, 0.5) is 0 Å². The first kappa shape index (κ1) is 17.7. The Morgan fingerprint density at radius 3 is 2.50 bits per heavy atom. The predicted molar refractivity (Wildman–Crippen MR) is 97.7 cm³/mol. The number of aliphatic hydroxyl groups excluding tert-OH is 1. The van der Waals surface area contributed by atoms with Gasteiger partial charge in [-0.25, -0.2) is 0 Å². The second-order valence-corrected chi connectivity index (χ2v) is 7.51. The van der Waals surface area contributed by atoms with Crippen LogP contribution >= 0.6 is 0 Å². The van der Waals surface area contributed by atoms with Gasteiger partial charge in [0.2, 0.25) is 0 Å². The molecule has 1 saturated carbocycles. The van der Waals surface area contributed by atoms with Crippen molar-refractivity contribution in [3.63, 3.8) is 0 Å². The summed E-state index contributed by atoms with van der Waals surface area (Å²) >= 11 is 0. The van der Waals surface area contributed by atoms with Crippen LogP contribution in [0.15, 0.2) is 18.2 Å². The molecule has 1 aliphatic carbocycles. The minimum absolute atomic E-state index is 0.368. The van der Waals surface area contributed by atoms with E-state index in [4.69, 9.17) is 4.74 Å². The summed E-state index contributed by atoms with van der Waals surface area (Å²) in [6.45, 7) is 9.64. The van der Waals surface area contributed by atoms with Gasteiger partial charge < -0.3 is 9.84 Å². The summed E-state index contributed by atoms with van der Waals surface area (Å²) in [7, 11) is 0. The van der Waals surface area contributed by atoms with E-state index >= 15 is 0 Å². The third kappa shape index (κ3) is 4.71. The molecule has 1 aromatic carbocycles. The molecular formula is C20H32N2O2. The average Bonchev–Trinajstić information content (AvgIpc) is 3.09. The Morgan fingerprint density at radius 2 is 1.83 bits per heavy atom. The van der Waals surface area contributed by atoms with Crippen LogP contribution in [-0.2, 0) is 0 Å². The van der Waals surface area contributed by atoms with Crippen molar-refractivity contribution in [3.05, 3.63) is 29.3 Å². The van der Waals surface area contributed by atoms with E-state index in [9.17, 15) is 5.11 Å².